The van der Waals surface area contributed by atoms with E-state index < -0.39 is 0 Å². The molecule has 0 radical (unpaired) electrons. The average Bonchev–Trinajstić information content (AvgIpc) is 3.27. The van der Waals surface area contributed by atoms with Gasteiger partial charge in [-0.15, -0.1) is 0 Å². The van der Waals surface area contributed by atoms with E-state index in [0.717, 1.165) is 11.3 Å². The molecule has 0 saturated carbocycles. The minimum Gasteiger partial charge on any atom is -0.378 e. The van der Waals surface area contributed by atoms with Gasteiger partial charge in [0.05, 0.1) is 6.04 Å². The lowest BCUT2D eigenvalue weighted by atomic mass is 10.0. The van der Waals surface area contributed by atoms with Crippen LogP contribution in [0.5, 0.6) is 0 Å². The van der Waals surface area contributed by atoms with Gasteiger partial charge in [-0.1, -0.05) is 6.07 Å². The highest BCUT2D eigenvalue weighted by atomic mass is 16.2. The Bertz CT molecular complexity index is 1010. The monoisotopic (exact) mass is 464 g/mol. The summed E-state index contributed by atoms with van der Waals surface area (Å²) < 4.78 is 0. The minimum absolute atomic E-state index is 0.00985. The van der Waals surface area contributed by atoms with E-state index in [1.54, 1.807) is 12.4 Å². The highest BCUT2D eigenvalue weighted by Crippen LogP contribution is 2.26. The summed E-state index contributed by atoms with van der Waals surface area (Å²) in [6, 6.07) is 10.9. The summed E-state index contributed by atoms with van der Waals surface area (Å²) in [6.07, 6.45) is 5.01. The number of piperazine rings is 1. The molecule has 3 atom stereocenters. The zero-order chi connectivity index (χ0) is 24.1. The number of pyridine rings is 1. The van der Waals surface area contributed by atoms with Crippen molar-refractivity contribution in [2.45, 2.75) is 43.9 Å². The molecule has 9 heteroatoms. The molecule has 2 aliphatic heterocycles. The summed E-state index contributed by atoms with van der Waals surface area (Å²) in [5.41, 5.74) is 2.58. The first-order chi connectivity index (χ1) is 16.4. The summed E-state index contributed by atoms with van der Waals surface area (Å²) >= 11 is 0. The number of nitrogens with zero attached hydrogens (tertiary/aromatic N) is 3. The van der Waals surface area contributed by atoms with Crippen LogP contribution in [-0.4, -0.2) is 72.9 Å². The Hall–Kier alpha value is -3.46. The highest BCUT2D eigenvalue weighted by molar-refractivity contribution is 5.95. The molecule has 2 fully saturated rings. The van der Waals surface area contributed by atoms with Gasteiger partial charge in [-0.25, -0.2) is 0 Å². The largest absolute Gasteiger partial charge is 0.378 e. The number of benzene rings is 1. The van der Waals surface area contributed by atoms with Crippen LogP contribution in [-0.2, 0) is 16.1 Å². The summed E-state index contributed by atoms with van der Waals surface area (Å²) in [5.74, 6) is -0.172. The maximum atomic E-state index is 12.8. The number of hydrogen-bond acceptors (Lipinski definition) is 6. The first kappa shape index (κ1) is 23.7. The predicted octanol–water partition coefficient (Wildman–Crippen LogP) is 0.915. The van der Waals surface area contributed by atoms with E-state index in [4.69, 9.17) is 0 Å². The Labute approximate surface area is 199 Å². The summed E-state index contributed by atoms with van der Waals surface area (Å²) in [5, 5.41) is 8.98. The number of aromatic nitrogens is 1. The Balaban J connectivity index is 1.29. The molecule has 1 aromatic carbocycles. The van der Waals surface area contributed by atoms with Crippen LogP contribution in [0.2, 0.25) is 0 Å². The van der Waals surface area contributed by atoms with Gasteiger partial charge in [0.15, 0.2) is 0 Å². The molecule has 1 aromatic heterocycles. The van der Waals surface area contributed by atoms with Crippen molar-refractivity contribution in [1.29, 1.82) is 0 Å². The SMILES string of the molecule is CN(C)c1ccc(C(=O)NC2CC3C(=O)NCC(CCC(=O)NCc4cccnc4)N3C2)cc1. The lowest BCUT2D eigenvalue weighted by Crippen LogP contribution is -2.58. The smallest absolute Gasteiger partial charge is 0.251 e. The van der Waals surface area contributed by atoms with E-state index in [0.29, 0.717) is 44.5 Å². The van der Waals surface area contributed by atoms with Gasteiger partial charge in [-0.2, -0.15) is 0 Å². The quantitative estimate of drug-likeness (QED) is 0.536. The molecule has 3 N–H and O–H groups in total. The molecule has 2 aliphatic rings. The molecule has 0 bridgehead atoms. The average molecular weight is 465 g/mol. The third-order valence-electron chi connectivity index (χ3n) is 6.52. The van der Waals surface area contributed by atoms with Crippen molar-refractivity contribution in [1.82, 2.24) is 25.8 Å². The Morgan fingerprint density at radius 2 is 2.00 bits per heavy atom. The molecule has 9 nitrogen and oxygen atoms in total. The molecular formula is C25H32N6O3. The van der Waals surface area contributed by atoms with Crippen molar-refractivity contribution < 1.29 is 14.4 Å². The third kappa shape index (κ3) is 5.72. The minimum atomic E-state index is -0.279. The second-order valence-corrected chi connectivity index (χ2v) is 9.14. The maximum absolute atomic E-state index is 12.8. The predicted molar refractivity (Wildman–Crippen MR) is 129 cm³/mol. The molecule has 4 rings (SSSR count). The fraction of sp³-hybridized carbons (Fsp3) is 0.440. The van der Waals surface area contributed by atoms with Crippen LogP contribution in [0.25, 0.3) is 0 Å². The molecule has 34 heavy (non-hydrogen) atoms. The molecular weight excluding hydrogens is 432 g/mol. The van der Waals surface area contributed by atoms with Crippen LogP contribution < -0.4 is 20.9 Å². The first-order valence-electron chi connectivity index (χ1n) is 11.7. The van der Waals surface area contributed by atoms with E-state index in [9.17, 15) is 14.4 Å². The van der Waals surface area contributed by atoms with E-state index in [-0.39, 0.29) is 35.8 Å². The zero-order valence-corrected chi connectivity index (χ0v) is 19.7. The van der Waals surface area contributed by atoms with Gasteiger partial charge in [0.25, 0.3) is 5.91 Å². The van der Waals surface area contributed by atoms with Gasteiger partial charge in [-0.3, -0.25) is 24.3 Å². The number of amides is 3. The molecule has 3 unspecified atom stereocenters. The summed E-state index contributed by atoms with van der Waals surface area (Å²) in [6.45, 7) is 1.56. The molecule has 2 aromatic rings. The second kappa shape index (κ2) is 10.6. The highest BCUT2D eigenvalue weighted by Gasteiger charge is 2.43. The van der Waals surface area contributed by atoms with Gasteiger partial charge >= 0.3 is 0 Å². The van der Waals surface area contributed by atoms with E-state index in [2.05, 4.69) is 25.8 Å². The van der Waals surface area contributed by atoms with Crippen LogP contribution >= 0.6 is 0 Å². The number of carbonyl (C=O) groups excluding carboxylic acids is 3. The lowest BCUT2D eigenvalue weighted by Gasteiger charge is -2.37. The fourth-order valence-corrected chi connectivity index (χ4v) is 4.62. The van der Waals surface area contributed by atoms with Gasteiger partial charge < -0.3 is 20.9 Å². The second-order valence-electron chi connectivity index (χ2n) is 9.14. The topological polar surface area (TPSA) is 107 Å². The summed E-state index contributed by atoms with van der Waals surface area (Å²) in [4.78, 5) is 45.7. The van der Waals surface area contributed by atoms with Crippen LogP contribution in [0.4, 0.5) is 5.69 Å². The first-order valence-corrected chi connectivity index (χ1v) is 11.7. The van der Waals surface area contributed by atoms with Crippen LogP contribution in [0, 0.1) is 0 Å². The Morgan fingerprint density at radius 3 is 2.71 bits per heavy atom. The van der Waals surface area contributed by atoms with Crippen LogP contribution in [0.3, 0.4) is 0 Å². The van der Waals surface area contributed by atoms with Gasteiger partial charge in [0.2, 0.25) is 11.8 Å². The number of hydrogen-bond donors (Lipinski definition) is 3. The van der Waals surface area contributed by atoms with Crippen molar-refractivity contribution in [2.75, 3.05) is 32.1 Å². The molecule has 0 aliphatic carbocycles. The number of carbonyl (C=O) groups is 3. The lowest BCUT2D eigenvalue weighted by molar-refractivity contribution is -0.129. The van der Waals surface area contributed by atoms with Crippen molar-refractivity contribution in [3.63, 3.8) is 0 Å². The number of nitrogens with one attached hydrogen (secondary N) is 3. The number of anilines is 1. The number of rotatable bonds is 8. The summed E-state index contributed by atoms with van der Waals surface area (Å²) in [7, 11) is 3.91. The zero-order valence-electron chi connectivity index (χ0n) is 19.7. The molecule has 3 amide bonds. The Morgan fingerprint density at radius 1 is 1.21 bits per heavy atom. The van der Waals surface area contributed by atoms with E-state index in [1.165, 1.54) is 0 Å². The molecule has 2 saturated heterocycles. The molecule has 0 spiro atoms. The van der Waals surface area contributed by atoms with Crippen molar-refractivity contribution in [3.8, 4) is 0 Å². The van der Waals surface area contributed by atoms with Gasteiger partial charge in [0, 0.05) is 75.9 Å². The van der Waals surface area contributed by atoms with Crippen molar-refractivity contribution in [2.24, 2.45) is 0 Å². The fourth-order valence-electron chi connectivity index (χ4n) is 4.62. The molecule has 3 heterocycles. The van der Waals surface area contributed by atoms with Gasteiger partial charge in [0.1, 0.15) is 0 Å². The maximum Gasteiger partial charge on any atom is 0.251 e. The standard InChI is InChI=1S/C25H32N6O3/c1-30(2)20-7-5-18(6-8-20)24(33)29-19-12-22-25(34)28-15-21(31(22)16-19)9-10-23(32)27-14-17-4-3-11-26-13-17/h3-8,11,13,19,21-22H,9-10,12,14-16H2,1-2H3,(H,27,32)(H,28,34)(H,29,33). The van der Waals surface area contributed by atoms with Crippen LogP contribution in [0.1, 0.15) is 35.2 Å². The van der Waals surface area contributed by atoms with Gasteiger partial charge in [-0.05, 0) is 48.7 Å². The number of fused-ring (bicyclic) bond motifs is 1. The van der Waals surface area contributed by atoms with Crippen molar-refractivity contribution >= 4 is 23.4 Å². The normalized spacial score (nSPS) is 21.9. The van der Waals surface area contributed by atoms with E-state index >= 15 is 0 Å². The third-order valence-corrected chi connectivity index (χ3v) is 6.52. The van der Waals surface area contributed by atoms with E-state index in [1.807, 2.05) is 55.4 Å². The van der Waals surface area contributed by atoms with Crippen LogP contribution in [0.15, 0.2) is 48.8 Å². The van der Waals surface area contributed by atoms with Crippen molar-refractivity contribution in [3.05, 3.63) is 59.9 Å². The molecule has 180 valence electrons. The Kier molecular flexibility index (Phi) is 7.42.